The second kappa shape index (κ2) is 9.50. The Morgan fingerprint density at radius 1 is 1.30 bits per heavy atom. The molecule has 1 saturated heterocycles. The van der Waals surface area contributed by atoms with Crippen LogP contribution in [0.5, 0.6) is 0 Å². The maximum atomic E-state index is 13.8. The van der Waals surface area contributed by atoms with Crippen molar-refractivity contribution in [2.45, 2.75) is 6.10 Å². The lowest BCUT2D eigenvalue weighted by molar-refractivity contribution is 0.0277. The molecule has 0 saturated carbocycles. The number of halogens is 2. The maximum absolute atomic E-state index is 13.8. The van der Waals surface area contributed by atoms with E-state index in [0.29, 0.717) is 23.5 Å². The van der Waals surface area contributed by atoms with Crippen molar-refractivity contribution in [3.8, 4) is 11.8 Å². The van der Waals surface area contributed by atoms with Gasteiger partial charge in [-0.25, -0.2) is 9.07 Å². The van der Waals surface area contributed by atoms with Gasteiger partial charge in [-0.3, -0.25) is 4.79 Å². The summed E-state index contributed by atoms with van der Waals surface area (Å²) >= 11 is 0. The van der Waals surface area contributed by atoms with Crippen molar-refractivity contribution in [3.63, 3.8) is 0 Å². The molecule has 9 heteroatoms. The fourth-order valence-corrected chi connectivity index (χ4v) is 3.08. The molecule has 1 aliphatic rings. The maximum Gasteiger partial charge on any atom is 0.258 e. The number of rotatable bonds is 4. The topological polar surface area (TPSA) is 92.0 Å². The Balaban J connectivity index is 0.00000256. The van der Waals surface area contributed by atoms with Gasteiger partial charge in [-0.2, -0.15) is 10.4 Å². The van der Waals surface area contributed by atoms with Crippen LogP contribution in [-0.2, 0) is 4.74 Å². The Hall–Kier alpha value is -3.25. The lowest BCUT2D eigenvalue weighted by atomic mass is 10.1. The molecule has 0 spiro atoms. The fourth-order valence-electron chi connectivity index (χ4n) is 3.08. The van der Waals surface area contributed by atoms with Gasteiger partial charge in [0.15, 0.2) is 0 Å². The number of nitrogens with one attached hydrogen (secondary N) is 2. The number of ether oxygens (including phenoxy) is 1. The zero-order chi connectivity index (χ0) is 20.2. The van der Waals surface area contributed by atoms with Gasteiger partial charge in [0.25, 0.3) is 5.91 Å². The summed E-state index contributed by atoms with van der Waals surface area (Å²) < 4.78 is 20.9. The molecule has 2 heterocycles. The zero-order valence-corrected chi connectivity index (χ0v) is 16.7. The predicted molar refractivity (Wildman–Crippen MR) is 111 cm³/mol. The van der Waals surface area contributed by atoms with Gasteiger partial charge in [0.05, 0.1) is 35.7 Å². The molecule has 1 fully saturated rings. The minimum atomic E-state index is -0.635. The Morgan fingerprint density at radius 3 is 2.77 bits per heavy atom. The third kappa shape index (κ3) is 4.66. The number of hydrogen-bond donors (Lipinski definition) is 2. The van der Waals surface area contributed by atoms with Crippen LogP contribution in [0, 0.1) is 17.1 Å². The molecule has 0 aliphatic carbocycles. The van der Waals surface area contributed by atoms with Crippen LogP contribution < -0.4 is 10.6 Å². The van der Waals surface area contributed by atoms with E-state index in [1.54, 1.807) is 12.1 Å². The smallest absolute Gasteiger partial charge is 0.258 e. The predicted octanol–water partition coefficient (Wildman–Crippen LogP) is 3.22. The molecule has 30 heavy (non-hydrogen) atoms. The number of carbonyl (C=O) groups excluding carboxylic acids is 1. The number of morpholine rings is 1. The van der Waals surface area contributed by atoms with E-state index < -0.39 is 5.82 Å². The first kappa shape index (κ1) is 21.5. The summed E-state index contributed by atoms with van der Waals surface area (Å²) in [4.78, 5) is 12.5. The average Bonchev–Trinajstić information content (AvgIpc) is 3.25. The van der Waals surface area contributed by atoms with E-state index >= 15 is 0 Å². The molecule has 4 rings (SSSR count). The Kier molecular flexibility index (Phi) is 6.79. The van der Waals surface area contributed by atoms with Crippen molar-refractivity contribution >= 4 is 24.0 Å². The van der Waals surface area contributed by atoms with Crippen LogP contribution >= 0.6 is 12.4 Å². The third-order valence-electron chi connectivity index (χ3n) is 4.65. The van der Waals surface area contributed by atoms with Crippen LogP contribution in [0.2, 0.25) is 0 Å². The molecular formula is C21H19ClFN5O2. The largest absolute Gasteiger partial charge is 0.371 e. The first-order chi connectivity index (χ1) is 14.1. The highest BCUT2D eigenvalue weighted by atomic mass is 35.5. The Bertz CT molecular complexity index is 1070. The van der Waals surface area contributed by atoms with Gasteiger partial charge in [-0.05, 0) is 29.8 Å². The quantitative estimate of drug-likeness (QED) is 0.667. The van der Waals surface area contributed by atoms with Crippen LogP contribution in [-0.4, -0.2) is 35.4 Å². The first-order valence-corrected chi connectivity index (χ1v) is 9.12. The molecule has 3 aromatic rings. The second-order valence-corrected chi connectivity index (χ2v) is 6.59. The lowest BCUT2D eigenvalue weighted by Crippen LogP contribution is -2.33. The SMILES string of the molecule is Cl.N#Cc1ccc(-n2cc(C(=O)Nc3ccc([C@H]4CNCCO4)cc3)cn2)cc1F. The van der Waals surface area contributed by atoms with Gasteiger partial charge in [0.2, 0.25) is 0 Å². The van der Waals surface area contributed by atoms with E-state index in [4.69, 9.17) is 10.00 Å². The van der Waals surface area contributed by atoms with Gasteiger partial charge < -0.3 is 15.4 Å². The molecule has 1 atom stereocenters. The van der Waals surface area contributed by atoms with Crippen molar-refractivity contribution in [2.24, 2.45) is 0 Å². The van der Waals surface area contributed by atoms with E-state index in [0.717, 1.165) is 18.7 Å². The van der Waals surface area contributed by atoms with E-state index in [9.17, 15) is 9.18 Å². The number of anilines is 1. The summed E-state index contributed by atoms with van der Waals surface area (Å²) in [6, 6.07) is 13.4. The lowest BCUT2D eigenvalue weighted by Gasteiger charge is -2.24. The number of benzene rings is 2. The summed E-state index contributed by atoms with van der Waals surface area (Å²) in [6.45, 7) is 2.30. The van der Waals surface area contributed by atoms with Crippen molar-refractivity contribution in [3.05, 3.63) is 77.4 Å². The minimum absolute atomic E-state index is 0. The highest BCUT2D eigenvalue weighted by Crippen LogP contribution is 2.21. The molecule has 0 radical (unpaired) electrons. The Morgan fingerprint density at radius 2 is 2.10 bits per heavy atom. The standard InChI is InChI=1S/C21H18FN5O2.ClH/c22-19-9-18(6-3-15(19)10-23)27-13-16(11-25-27)21(28)26-17-4-1-14(2-5-17)20-12-24-7-8-29-20;/h1-6,9,11,13,20,24H,7-8,12H2,(H,26,28);1H/t20-;/m1./s1. The van der Waals surface area contributed by atoms with E-state index in [1.165, 1.54) is 29.2 Å². The molecule has 154 valence electrons. The number of hydrogen-bond acceptors (Lipinski definition) is 5. The van der Waals surface area contributed by atoms with Gasteiger partial charge in [-0.15, -0.1) is 12.4 Å². The van der Waals surface area contributed by atoms with Crippen LogP contribution in [0.15, 0.2) is 54.9 Å². The molecule has 0 unspecified atom stereocenters. The van der Waals surface area contributed by atoms with Crippen LogP contribution in [0.3, 0.4) is 0 Å². The highest BCUT2D eigenvalue weighted by molar-refractivity contribution is 6.04. The summed E-state index contributed by atoms with van der Waals surface area (Å²) in [5, 5.41) is 19.0. The summed E-state index contributed by atoms with van der Waals surface area (Å²) in [6.07, 6.45) is 2.92. The third-order valence-corrected chi connectivity index (χ3v) is 4.65. The number of aromatic nitrogens is 2. The van der Waals surface area contributed by atoms with Crippen molar-refractivity contribution in [2.75, 3.05) is 25.0 Å². The van der Waals surface area contributed by atoms with Gasteiger partial charge in [0, 0.05) is 31.0 Å². The van der Waals surface area contributed by atoms with Crippen LogP contribution in [0.1, 0.15) is 27.6 Å². The van der Waals surface area contributed by atoms with Crippen LogP contribution in [0.25, 0.3) is 5.69 Å². The molecule has 2 aromatic carbocycles. The van der Waals surface area contributed by atoms with E-state index in [1.807, 2.05) is 24.3 Å². The highest BCUT2D eigenvalue weighted by Gasteiger charge is 2.16. The molecule has 0 bridgehead atoms. The molecule has 1 aliphatic heterocycles. The van der Waals surface area contributed by atoms with E-state index in [-0.39, 0.29) is 30.0 Å². The van der Waals surface area contributed by atoms with Gasteiger partial charge in [0.1, 0.15) is 11.9 Å². The van der Waals surface area contributed by atoms with Crippen molar-refractivity contribution in [1.82, 2.24) is 15.1 Å². The second-order valence-electron chi connectivity index (χ2n) is 6.59. The van der Waals surface area contributed by atoms with Crippen molar-refractivity contribution in [1.29, 1.82) is 5.26 Å². The molecular weight excluding hydrogens is 409 g/mol. The fraction of sp³-hybridized carbons (Fsp3) is 0.190. The van der Waals surface area contributed by atoms with Gasteiger partial charge in [-0.1, -0.05) is 12.1 Å². The number of nitrogens with zero attached hydrogens (tertiary/aromatic N) is 3. The first-order valence-electron chi connectivity index (χ1n) is 9.12. The molecule has 7 nitrogen and oxygen atoms in total. The Labute approximate surface area is 178 Å². The van der Waals surface area contributed by atoms with E-state index in [2.05, 4.69) is 15.7 Å². The number of amides is 1. The minimum Gasteiger partial charge on any atom is -0.371 e. The molecule has 1 aromatic heterocycles. The summed E-state index contributed by atoms with van der Waals surface area (Å²) in [5.74, 6) is -0.961. The summed E-state index contributed by atoms with van der Waals surface area (Å²) in [7, 11) is 0. The normalized spacial score (nSPS) is 15.7. The summed E-state index contributed by atoms with van der Waals surface area (Å²) in [5.41, 5.74) is 2.41. The number of nitriles is 1. The monoisotopic (exact) mass is 427 g/mol. The molecule has 2 N–H and O–H groups in total. The van der Waals surface area contributed by atoms with Crippen LogP contribution in [0.4, 0.5) is 10.1 Å². The van der Waals surface area contributed by atoms with Crippen molar-refractivity contribution < 1.29 is 13.9 Å². The number of carbonyl (C=O) groups is 1. The zero-order valence-electron chi connectivity index (χ0n) is 15.8. The average molecular weight is 428 g/mol. The van der Waals surface area contributed by atoms with Gasteiger partial charge >= 0.3 is 0 Å². The molecule has 1 amide bonds.